The van der Waals surface area contributed by atoms with Gasteiger partial charge in [-0.3, -0.25) is 0 Å². The van der Waals surface area contributed by atoms with Gasteiger partial charge in [-0.25, -0.2) is 0 Å². The summed E-state index contributed by atoms with van der Waals surface area (Å²) >= 11 is 0. The minimum Gasteiger partial charge on any atom is -0.393 e. The van der Waals surface area contributed by atoms with Crippen molar-refractivity contribution in [2.24, 2.45) is 5.92 Å². The number of hydrogen-bond donors (Lipinski definition) is 1. The molecule has 0 saturated heterocycles. The van der Waals surface area contributed by atoms with Crippen LogP contribution in [-0.4, -0.2) is 11.2 Å². The molecule has 0 bridgehead atoms. The minimum absolute atomic E-state index is 0.160. The van der Waals surface area contributed by atoms with E-state index in [-0.39, 0.29) is 6.10 Å². The Morgan fingerprint density at radius 2 is 2.00 bits per heavy atom. The number of allylic oxidation sites excluding steroid dienone is 1. The molecule has 0 radical (unpaired) electrons. The lowest BCUT2D eigenvalue weighted by molar-refractivity contribution is 0.177. The Kier molecular flexibility index (Phi) is 4.41. The molecule has 1 N–H and O–H groups in total. The third-order valence-corrected chi connectivity index (χ3v) is 1.44. The lowest BCUT2D eigenvalue weighted by atomic mass is 10.0. The van der Waals surface area contributed by atoms with Gasteiger partial charge in [0.1, 0.15) is 0 Å². The zero-order valence-electron chi connectivity index (χ0n) is 6.30. The number of rotatable bonds is 4. The molecule has 0 amide bonds. The molecule has 0 unspecified atom stereocenters. The largest absolute Gasteiger partial charge is 0.393 e. The molecule has 0 aromatic rings. The number of aliphatic hydroxyl groups excluding tert-OH is 1. The van der Waals surface area contributed by atoms with Crippen molar-refractivity contribution < 1.29 is 5.11 Å². The Balaban J connectivity index is 3.16. The molecule has 1 nitrogen and oxygen atoms in total. The lowest BCUT2D eigenvalue weighted by Crippen LogP contribution is -2.01. The summed E-state index contributed by atoms with van der Waals surface area (Å²) in [5, 5.41) is 8.86. The van der Waals surface area contributed by atoms with E-state index in [2.05, 4.69) is 13.5 Å². The van der Waals surface area contributed by atoms with Crippen LogP contribution in [-0.2, 0) is 0 Å². The highest BCUT2D eigenvalue weighted by Crippen LogP contribution is 2.07. The van der Waals surface area contributed by atoms with Gasteiger partial charge in [-0.15, -0.1) is 6.58 Å². The van der Waals surface area contributed by atoms with E-state index in [1.807, 2.05) is 13.0 Å². The van der Waals surface area contributed by atoms with Crippen LogP contribution in [0.15, 0.2) is 12.7 Å². The van der Waals surface area contributed by atoms with Crippen LogP contribution in [0.4, 0.5) is 0 Å². The summed E-state index contributed by atoms with van der Waals surface area (Å²) in [7, 11) is 0. The highest BCUT2D eigenvalue weighted by molar-refractivity contribution is 4.74. The highest BCUT2D eigenvalue weighted by Gasteiger charge is 1.98. The van der Waals surface area contributed by atoms with Crippen molar-refractivity contribution in [2.75, 3.05) is 0 Å². The van der Waals surface area contributed by atoms with Gasteiger partial charge in [-0.2, -0.15) is 0 Å². The van der Waals surface area contributed by atoms with Crippen LogP contribution in [0.3, 0.4) is 0 Å². The van der Waals surface area contributed by atoms with Gasteiger partial charge in [-0.1, -0.05) is 13.0 Å². The van der Waals surface area contributed by atoms with E-state index in [9.17, 15) is 0 Å². The van der Waals surface area contributed by atoms with E-state index >= 15 is 0 Å². The molecule has 0 saturated carbocycles. The zero-order valence-corrected chi connectivity index (χ0v) is 6.30. The van der Waals surface area contributed by atoms with Gasteiger partial charge in [0.2, 0.25) is 0 Å². The smallest absolute Gasteiger partial charge is 0.0512 e. The predicted molar refractivity (Wildman–Crippen MR) is 40.3 cm³/mol. The molecule has 1 heteroatoms. The fourth-order valence-corrected chi connectivity index (χ4v) is 0.622. The van der Waals surface area contributed by atoms with Crippen molar-refractivity contribution in [3.05, 3.63) is 12.7 Å². The van der Waals surface area contributed by atoms with Crippen molar-refractivity contribution in [1.82, 2.24) is 0 Å². The molecule has 0 fully saturated rings. The van der Waals surface area contributed by atoms with Crippen LogP contribution in [0.2, 0.25) is 0 Å². The number of hydrogen-bond acceptors (Lipinski definition) is 1. The summed E-state index contributed by atoms with van der Waals surface area (Å²) in [6.07, 6.45) is 3.68. The summed E-state index contributed by atoms with van der Waals surface area (Å²) in [6.45, 7) is 7.58. The van der Waals surface area contributed by atoms with Gasteiger partial charge in [0.15, 0.2) is 0 Å². The predicted octanol–water partition coefficient (Wildman–Crippen LogP) is 1.97. The second kappa shape index (κ2) is 4.57. The molecule has 0 rings (SSSR count). The van der Waals surface area contributed by atoms with Crippen molar-refractivity contribution in [3.63, 3.8) is 0 Å². The summed E-state index contributed by atoms with van der Waals surface area (Å²) < 4.78 is 0. The van der Waals surface area contributed by atoms with Crippen LogP contribution in [0, 0.1) is 5.92 Å². The Labute approximate surface area is 57.4 Å². The van der Waals surface area contributed by atoms with Gasteiger partial charge in [-0.05, 0) is 25.7 Å². The third-order valence-electron chi connectivity index (χ3n) is 1.44. The Hall–Kier alpha value is -0.300. The molecule has 0 spiro atoms. The SMILES string of the molecule is C=C[C@@H](C)CC[C@H](C)O. The first-order valence-electron chi connectivity index (χ1n) is 3.47. The van der Waals surface area contributed by atoms with Crippen LogP contribution in [0.25, 0.3) is 0 Å². The molecule has 0 aromatic carbocycles. The Morgan fingerprint density at radius 3 is 2.33 bits per heavy atom. The molecular weight excluding hydrogens is 112 g/mol. The maximum absolute atomic E-state index is 8.86. The lowest BCUT2D eigenvalue weighted by Gasteiger charge is -2.06. The fourth-order valence-electron chi connectivity index (χ4n) is 0.622. The van der Waals surface area contributed by atoms with Crippen LogP contribution in [0.1, 0.15) is 26.7 Å². The van der Waals surface area contributed by atoms with E-state index in [0.717, 1.165) is 12.8 Å². The first-order chi connectivity index (χ1) is 4.16. The molecule has 0 aliphatic carbocycles. The third kappa shape index (κ3) is 5.57. The second-order valence-corrected chi connectivity index (χ2v) is 2.64. The number of aliphatic hydroxyl groups is 1. The van der Waals surface area contributed by atoms with Crippen LogP contribution >= 0.6 is 0 Å². The van der Waals surface area contributed by atoms with Crippen LogP contribution in [0.5, 0.6) is 0 Å². The van der Waals surface area contributed by atoms with Gasteiger partial charge in [0, 0.05) is 0 Å². The zero-order chi connectivity index (χ0) is 7.28. The molecule has 0 aliphatic heterocycles. The summed E-state index contributed by atoms with van der Waals surface area (Å²) in [5.74, 6) is 0.541. The molecule has 0 aliphatic rings. The van der Waals surface area contributed by atoms with E-state index in [0.29, 0.717) is 5.92 Å². The van der Waals surface area contributed by atoms with Gasteiger partial charge in [0.05, 0.1) is 6.10 Å². The monoisotopic (exact) mass is 128 g/mol. The minimum atomic E-state index is -0.160. The van der Waals surface area contributed by atoms with E-state index < -0.39 is 0 Å². The average molecular weight is 128 g/mol. The van der Waals surface area contributed by atoms with Crippen molar-refractivity contribution in [3.8, 4) is 0 Å². The summed E-state index contributed by atoms with van der Waals surface area (Å²) in [6, 6.07) is 0. The van der Waals surface area contributed by atoms with Crippen molar-refractivity contribution >= 4 is 0 Å². The summed E-state index contributed by atoms with van der Waals surface area (Å²) in [4.78, 5) is 0. The van der Waals surface area contributed by atoms with Gasteiger partial charge < -0.3 is 5.11 Å². The van der Waals surface area contributed by atoms with E-state index in [4.69, 9.17) is 5.11 Å². The Bertz CT molecular complexity index is 76.6. The van der Waals surface area contributed by atoms with Gasteiger partial charge >= 0.3 is 0 Å². The van der Waals surface area contributed by atoms with Crippen molar-refractivity contribution in [1.29, 1.82) is 0 Å². The molecule has 0 heterocycles. The average Bonchev–Trinajstić information content (AvgIpc) is 1.83. The van der Waals surface area contributed by atoms with E-state index in [1.165, 1.54) is 0 Å². The van der Waals surface area contributed by atoms with Gasteiger partial charge in [0.25, 0.3) is 0 Å². The molecule has 9 heavy (non-hydrogen) atoms. The molecule has 2 atom stereocenters. The molecular formula is C8H16O. The normalized spacial score (nSPS) is 16.8. The summed E-state index contributed by atoms with van der Waals surface area (Å²) in [5.41, 5.74) is 0. The Morgan fingerprint density at radius 1 is 1.44 bits per heavy atom. The maximum Gasteiger partial charge on any atom is 0.0512 e. The highest BCUT2D eigenvalue weighted by atomic mass is 16.3. The first kappa shape index (κ1) is 8.70. The molecule has 0 aromatic heterocycles. The first-order valence-corrected chi connectivity index (χ1v) is 3.47. The maximum atomic E-state index is 8.86. The topological polar surface area (TPSA) is 20.2 Å². The standard InChI is InChI=1S/C8H16O/c1-4-7(2)5-6-8(3)9/h4,7-9H,1,5-6H2,2-3H3/t7-,8+/m1/s1. The van der Waals surface area contributed by atoms with Crippen LogP contribution < -0.4 is 0 Å². The van der Waals surface area contributed by atoms with Crippen molar-refractivity contribution in [2.45, 2.75) is 32.8 Å². The van der Waals surface area contributed by atoms with E-state index in [1.54, 1.807) is 0 Å². The molecule has 54 valence electrons. The quantitative estimate of drug-likeness (QED) is 0.574. The fraction of sp³-hybridized carbons (Fsp3) is 0.750. The second-order valence-electron chi connectivity index (χ2n) is 2.64.